The first kappa shape index (κ1) is 17.2. The molecule has 3 nitrogen and oxygen atoms in total. The molecule has 0 amide bonds. The lowest BCUT2D eigenvalue weighted by atomic mass is 10.0. The molecule has 0 spiro atoms. The maximum atomic E-state index is 5.55. The summed E-state index contributed by atoms with van der Waals surface area (Å²) in [4.78, 5) is 2.36. The van der Waals surface area contributed by atoms with Crippen LogP contribution in [0.3, 0.4) is 0 Å². The fraction of sp³-hybridized carbons (Fsp3) is 0.625. The van der Waals surface area contributed by atoms with E-state index in [1.807, 2.05) is 24.9 Å². The van der Waals surface area contributed by atoms with E-state index < -0.39 is 0 Å². The van der Waals surface area contributed by atoms with Crippen LogP contribution >= 0.6 is 11.8 Å². The van der Waals surface area contributed by atoms with Crippen molar-refractivity contribution >= 4 is 17.4 Å². The summed E-state index contributed by atoms with van der Waals surface area (Å²) >= 11 is 1.90. The molecule has 0 fully saturated rings. The zero-order chi connectivity index (χ0) is 15.1. The largest absolute Gasteiger partial charge is 0.496 e. The van der Waals surface area contributed by atoms with Crippen molar-refractivity contribution in [1.82, 2.24) is 5.32 Å². The Kier molecular flexibility index (Phi) is 7.24. The van der Waals surface area contributed by atoms with Crippen molar-refractivity contribution in [1.29, 1.82) is 0 Å². The van der Waals surface area contributed by atoms with Crippen LogP contribution in [-0.2, 0) is 0 Å². The molecule has 0 aliphatic rings. The summed E-state index contributed by atoms with van der Waals surface area (Å²) in [6.07, 6.45) is 3.34. The first-order valence-corrected chi connectivity index (χ1v) is 8.52. The van der Waals surface area contributed by atoms with Gasteiger partial charge in [0.05, 0.1) is 7.11 Å². The lowest BCUT2D eigenvalue weighted by Crippen LogP contribution is -2.31. The second-order valence-corrected chi connectivity index (χ2v) is 6.13. The Hall–Kier alpha value is -0.870. The van der Waals surface area contributed by atoms with Gasteiger partial charge in [0.1, 0.15) is 5.75 Å². The topological polar surface area (TPSA) is 24.5 Å². The molecule has 0 radical (unpaired) electrons. The van der Waals surface area contributed by atoms with Crippen LogP contribution in [0.5, 0.6) is 5.75 Å². The van der Waals surface area contributed by atoms with Crippen molar-refractivity contribution in [2.75, 3.05) is 38.1 Å². The Morgan fingerprint density at radius 3 is 2.60 bits per heavy atom. The number of methoxy groups -OCH3 is 1. The minimum absolute atomic E-state index is 0.261. The number of nitrogens with one attached hydrogen (secondary N) is 1. The summed E-state index contributed by atoms with van der Waals surface area (Å²) in [6.45, 7) is 4.45. The fourth-order valence-electron chi connectivity index (χ4n) is 2.32. The highest BCUT2D eigenvalue weighted by Crippen LogP contribution is 2.35. The van der Waals surface area contributed by atoms with E-state index in [2.05, 4.69) is 49.5 Å². The van der Waals surface area contributed by atoms with E-state index in [-0.39, 0.29) is 6.04 Å². The van der Waals surface area contributed by atoms with Gasteiger partial charge in [0, 0.05) is 30.4 Å². The van der Waals surface area contributed by atoms with Crippen LogP contribution in [0.1, 0.15) is 31.9 Å². The van der Waals surface area contributed by atoms with Gasteiger partial charge in [-0.25, -0.2) is 0 Å². The molecule has 1 aromatic rings. The summed E-state index contributed by atoms with van der Waals surface area (Å²) in [7, 11) is 5.89. The third-order valence-corrected chi connectivity index (χ3v) is 4.55. The summed E-state index contributed by atoms with van der Waals surface area (Å²) < 4.78 is 5.55. The molecule has 0 bridgehead atoms. The van der Waals surface area contributed by atoms with E-state index in [1.165, 1.54) is 23.4 Å². The smallest absolute Gasteiger partial charge is 0.125 e. The normalized spacial score (nSPS) is 13.9. The van der Waals surface area contributed by atoms with Crippen LogP contribution < -0.4 is 15.0 Å². The van der Waals surface area contributed by atoms with Gasteiger partial charge in [0.15, 0.2) is 0 Å². The number of nitrogens with zero attached hydrogens (tertiary/aromatic N) is 1. The van der Waals surface area contributed by atoms with Gasteiger partial charge in [-0.3, -0.25) is 0 Å². The van der Waals surface area contributed by atoms with Crippen LogP contribution in [-0.4, -0.2) is 39.3 Å². The predicted molar refractivity (Wildman–Crippen MR) is 91.3 cm³/mol. The number of thioether (sulfide) groups is 1. The molecule has 1 aromatic carbocycles. The predicted octanol–water partition coefficient (Wildman–Crippen LogP) is 3.55. The van der Waals surface area contributed by atoms with Crippen molar-refractivity contribution in [3.05, 3.63) is 23.8 Å². The lowest BCUT2D eigenvalue weighted by molar-refractivity contribution is 0.403. The molecule has 1 rings (SSSR count). The highest BCUT2D eigenvalue weighted by Gasteiger charge is 2.19. The molecule has 114 valence electrons. The summed E-state index contributed by atoms with van der Waals surface area (Å²) in [6, 6.07) is 7.06. The minimum Gasteiger partial charge on any atom is -0.496 e. The van der Waals surface area contributed by atoms with Gasteiger partial charge >= 0.3 is 0 Å². The average Bonchev–Trinajstić information content (AvgIpc) is 2.49. The van der Waals surface area contributed by atoms with Gasteiger partial charge in [-0.05, 0) is 51.5 Å². The zero-order valence-corrected chi connectivity index (χ0v) is 14.4. The maximum absolute atomic E-state index is 5.55. The van der Waals surface area contributed by atoms with Crippen LogP contribution in [0.2, 0.25) is 0 Å². The monoisotopic (exact) mass is 296 g/mol. The third kappa shape index (κ3) is 4.06. The standard InChI is InChI=1S/C16H28N2OS/c1-12(10-11-20-6)18(4)14-8-7-9-15(19-5)16(14)13(2)17-3/h7-9,12-13,17H,10-11H2,1-6H3. The van der Waals surface area contributed by atoms with E-state index in [0.29, 0.717) is 6.04 Å². The fourth-order valence-corrected chi connectivity index (χ4v) is 2.89. The summed E-state index contributed by atoms with van der Waals surface area (Å²) in [5.41, 5.74) is 2.48. The minimum atomic E-state index is 0.261. The average molecular weight is 296 g/mol. The van der Waals surface area contributed by atoms with E-state index in [0.717, 1.165) is 5.75 Å². The van der Waals surface area contributed by atoms with Gasteiger partial charge in [0.25, 0.3) is 0 Å². The lowest BCUT2D eigenvalue weighted by Gasteiger charge is -2.31. The third-order valence-electron chi connectivity index (χ3n) is 3.91. The van der Waals surface area contributed by atoms with Crippen LogP contribution in [0, 0.1) is 0 Å². The number of hydrogen-bond donors (Lipinski definition) is 1. The number of benzene rings is 1. The van der Waals surface area contributed by atoms with Crippen molar-refractivity contribution < 1.29 is 4.74 Å². The Balaban J connectivity index is 3.09. The van der Waals surface area contributed by atoms with E-state index in [9.17, 15) is 0 Å². The highest BCUT2D eigenvalue weighted by atomic mass is 32.2. The van der Waals surface area contributed by atoms with Crippen molar-refractivity contribution in [2.24, 2.45) is 0 Å². The Bertz CT molecular complexity index is 411. The van der Waals surface area contributed by atoms with Crippen LogP contribution in [0.4, 0.5) is 5.69 Å². The van der Waals surface area contributed by atoms with Crippen molar-refractivity contribution in [2.45, 2.75) is 32.4 Å². The van der Waals surface area contributed by atoms with E-state index >= 15 is 0 Å². The first-order valence-electron chi connectivity index (χ1n) is 7.12. The summed E-state index contributed by atoms with van der Waals surface area (Å²) in [5.74, 6) is 2.14. The molecule has 2 unspecified atom stereocenters. The van der Waals surface area contributed by atoms with E-state index in [4.69, 9.17) is 4.74 Å². The molecule has 0 aromatic heterocycles. The van der Waals surface area contributed by atoms with Gasteiger partial charge in [-0.1, -0.05) is 6.07 Å². The second kappa shape index (κ2) is 8.42. The first-order chi connectivity index (χ1) is 9.56. The number of anilines is 1. The Morgan fingerprint density at radius 1 is 1.35 bits per heavy atom. The zero-order valence-electron chi connectivity index (χ0n) is 13.6. The quantitative estimate of drug-likeness (QED) is 0.793. The molecule has 0 saturated heterocycles. The molecule has 0 heterocycles. The second-order valence-electron chi connectivity index (χ2n) is 5.14. The van der Waals surface area contributed by atoms with Gasteiger partial charge in [-0.15, -0.1) is 0 Å². The molecule has 0 aliphatic carbocycles. The highest BCUT2D eigenvalue weighted by molar-refractivity contribution is 7.98. The van der Waals surface area contributed by atoms with Crippen molar-refractivity contribution in [3.8, 4) is 5.75 Å². The molecule has 2 atom stereocenters. The molecular weight excluding hydrogens is 268 g/mol. The Labute approximate surface area is 128 Å². The molecule has 0 aliphatic heterocycles. The van der Waals surface area contributed by atoms with Gasteiger partial charge in [-0.2, -0.15) is 11.8 Å². The van der Waals surface area contributed by atoms with Crippen LogP contribution in [0.15, 0.2) is 18.2 Å². The molecule has 4 heteroatoms. The van der Waals surface area contributed by atoms with Gasteiger partial charge < -0.3 is 15.0 Å². The number of rotatable bonds is 8. The molecule has 0 saturated carbocycles. The number of ether oxygens (including phenoxy) is 1. The molecule has 1 N–H and O–H groups in total. The van der Waals surface area contributed by atoms with E-state index in [1.54, 1.807) is 7.11 Å². The maximum Gasteiger partial charge on any atom is 0.125 e. The Morgan fingerprint density at radius 2 is 2.05 bits per heavy atom. The molecule has 20 heavy (non-hydrogen) atoms. The number of hydrogen-bond acceptors (Lipinski definition) is 4. The van der Waals surface area contributed by atoms with Crippen molar-refractivity contribution in [3.63, 3.8) is 0 Å². The summed E-state index contributed by atoms with van der Waals surface area (Å²) in [5, 5.41) is 3.32. The van der Waals surface area contributed by atoms with Crippen LogP contribution in [0.25, 0.3) is 0 Å². The van der Waals surface area contributed by atoms with Gasteiger partial charge in [0.2, 0.25) is 0 Å². The molecular formula is C16H28N2OS. The SMILES string of the molecule is CNC(C)c1c(OC)cccc1N(C)C(C)CCSC.